The van der Waals surface area contributed by atoms with Crippen molar-refractivity contribution in [2.45, 2.75) is 38.3 Å². The van der Waals surface area contributed by atoms with Crippen LogP contribution in [0.5, 0.6) is 0 Å². The van der Waals surface area contributed by atoms with Crippen molar-refractivity contribution in [3.63, 3.8) is 0 Å². The van der Waals surface area contributed by atoms with E-state index in [-0.39, 0.29) is 6.04 Å². The monoisotopic (exact) mass is 329 g/mol. The van der Waals surface area contributed by atoms with E-state index in [0.29, 0.717) is 35.2 Å². The van der Waals surface area contributed by atoms with Gasteiger partial charge in [-0.15, -0.1) is 0 Å². The lowest BCUT2D eigenvalue weighted by atomic mass is 10.0. The highest BCUT2D eigenvalue weighted by atomic mass is 19.4. The van der Waals surface area contributed by atoms with E-state index in [4.69, 9.17) is 0 Å². The van der Waals surface area contributed by atoms with Crippen LogP contribution in [0.3, 0.4) is 0 Å². The Balaban J connectivity index is 1.94. The first-order chi connectivity index (χ1) is 10.8. The molecule has 2 N–H and O–H groups in total. The van der Waals surface area contributed by atoms with Gasteiger partial charge in [-0.25, -0.2) is 4.39 Å². The summed E-state index contributed by atoms with van der Waals surface area (Å²) in [6.07, 6.45) is -4.66. The lowest BCUT2D eigenvalue weighted by Crippen LogP contribution is -2.45. The van der Waals surface area contributed by atoms with Crippen LogP contribution in [0.4, 0.5) is 23.2 Å². The van der Waals surface area contributed by atoms with E-state index in [1.807, 2.05) is 0 Å². The standard InChI is InChI=1S/C16H19F4N3/c1-10-7-11-13(22-14-5-6-21-8-12(14)17)3-2-4-15(11)23(10)9-16(18,19)20/h2-4,7,12,14,21-22H,5-6,8-9H2,1H3. The number of halogens is 4. The summed E-state index contributed by atoms with van der Waals surface area (Å²) in [4.78, 5) is 0. The van der Waals surface area contributed by atoms with Crippen molar-refractivity contribution in [3.05, 3.63) is 30.0 Å². The molecule has 1 saturated heterocycles. The van der Waals surface area contributed by atoms with Gasteiger partial charge in [-0.1, -0.05) is 6.07 Å². The van der Waals surface area contributed by atoms with Crippen LogP contribution in [0.2, 0.25) is 0 Å². The zero-order valence-electron chi connectivity index (χ0n) is 12.8. The first kappa shape index (κ1) is 16.1. The molecule has 3 nitrogen and oxygen atoms in total. The van der Waals surface area contributed by atoms with Gasteiger partial charge in [0.25, 0.3) is 0 Å². The number of nitrogens with zero attached hydrogens (tertiary/aromatic N) is 1. The Hall–Kier alpha value is -1.76. The number of alkyl halides is 4. The van der Waals surface area contributed by atoms with Gasteiger partial charge in [0, 0.05) is 23.3 Å². The van der Waals surface area contributed by atoms with Crippen LogP contribution in [0, 0.1) is 6.92 Å². The highest BCUT2D eigenvalue weighted by molar-refractivity contribution is 5.93. The molecule has 2 atom stereocenters. The van der Waals surface area contributed by atoms with E-state index in [1.54, 1.807) is 31.2 Å². The summed E-state index contributed by atoms with van der Waals surface area (Å²) in [7, 11) is 0. The highest BCUT2D eigenvalue weighted by Crippen LogP contribution is 2.31. The number of anilines is 1. The molecular weight excluding hydrogens is 310 g/mol. The molecule has 1 aliphatic heterocycles. The average molecular weight is 329 g/mol. The maximum atomic E-state index is 14.0. The van der Waals surface area contributed by atoms with Gasteiger partial charge in [0.1, 0.15) is 12.7 Å². The van der Waals surface area contributed by atoms with Gasteiger partial charge in [0.05, 0.1) is 11.6 Å². The molecule has 2 unspecified atom stereocenters. The molecule has 0 saturated carbocycles. The zero-order chi connectivity index (χ0) is 16.6. The lowest BCUT2D eigenvalue weighted by molar-refractivity contribution is -0.140. The van der Waals surface area contributed by atoms with Gasteiger partial charge < -0.3 is 15.2 Å². The third-order valence-electron chi connectivity index (χ3n) is 4.24. The van der Waals surface area contributed by atoms with Gasteiger partial charge in [-0.2, -0.15) is 13.2 Å². The molecular formula is C16H19F4N3. The quantitative estimate of drug-likeness (QED) is 0.842. The summed E-state index contributed by atoms with van der Waals surface area (Å²) < 4.78 is 53.5. The minimum absolute atomic E-state index is 0.293. The molecule has 1 fully saturated rings. The molecule has 2 heterocycles. The summed E-state index contributed by atoms with van der Waals surface area (Å²) in [6.45, 7) is 1.65. The second-order valence-electron chi connectivity index (χ2n) is 5.99. The summed E-state index contributed by atoms with van der Waals surface area (Å²) in [6, 6.07) is 6.54. The van der Waals surface area contributed by atoms with E-state index in [0.717, 1.165) is 6.54 Å². The van der Waals surface area contributed by atoms with Gasteiger partial charge in [0.15, 0.2) is 0 Å². The SMILES string of the molecule is Cc1cc2c(NC3CCNCC3F)cccc2n1CC(F)(F)F. The van der Waals surface area contributed by atoms with Gasteiger partial charge in [0.2, 0.25) is 0 Å². The zero-order valence-corrected chi connectivity index (χ0v) is 12.8. The smallest absolute Gasteiger partial charge is 0.379 e. The number of nitrogens with one attached hydrogen (secondary N) is 2. The Bertz CT molecular complexity index is 692. The Morgan fingerprint density at radius 3 is 2.83 bits per heavy atom. The molecule has 0 amide bonds. The van der Waals surface area contributed by atoms with Crippen molar-refractivity contribution in [3.8, 4) is 0 Å². The maximum absolute atomic E-state index is 14.0. The van der Waals surface area contributed by atoms with Gasteiger partial charge in [-0.05, 0) is 38.1 Å². The molecule has 0 radical (unpaired) electrons. The molecule has 7 heteroatoms. The molecule has 0 aliphatic carbocycles. The number of benzene rings is 1. The summed E-state index contributed by atoms with van der Waals surface area (Å²) >= 11 is 0. The number of piperidine rings is 1. The van der Waals surface area contributed by atoms with Crippen LogP contribution in [0.15, 0.2) is 24.3 Å². The second kappa shape index (κ2) is 6.03. The second-order valence-corrected chi connectivity index (χ2v) is 5.99. The van der Waals surface area contributed by atoms with E-state index in [1.165, 1.54) is 4.57 Å². The summed E-state index contributed by atoms with van der Waals surface area (Å²) in [5, 5.41) is 6.84. The molecule has 3 rings (SSSR count). The first-order valence-electron chi connectivity index (χ1n) is 7.62. The Morgan fingerprint density at radius 1 is 1.35 bits per heavy atom. The predicted molar refractivity (Wildman–Crippen MR) is 82.5 cm³/mol. The number of rotatable bonds is 3. The lowest BCUT2D eigenvalue weighted by Gasteiger charge is -2.28. The topological polar surface area (TPSA) is 29.0 Å². The summed E-state index contributed by atoms with van der Waals surface area (Å²) in [5.41, 5.74) is 1.73. The molecule has 0 spiro atoms. The van der Waals surface area contributed by atoms with Crippen molar-refractivity contribution in [2.24, 2.45) is 0 Å². The van der Waals surface area contributed by atoms with Crippen LogP contribution in [0.25, 0.3) is 10.9 Å². The van der Waals surface area contributed by atoms with Crippen LogP contribution in [-0.4, -0.2) is 36.0 Å². The molecule has 1 aromatic heterocycles. The predicted octanol–water partition coefficient (Wildman–Crippen LogP) is 3.62. The van der Waals surface area contributed by atoms with E-state index < -0.39 is 18.9 Å². The number of aromatic nitrogens is 1. The molecule has 0 bridgehead atoms. The normalized spacial score (nSPS) is 22.5. The Kier molecular flexibility index (Phi) is 4.23. The largest absolute Gasteiger partial charge is 0.406 e. The van der Waals surface area contributed by atoms with Crippen LogP contribution in [-0.2, 0) is 6.54 Å². The van der Waals surface area contributed by atoms with Crippen LogP contribution in [0.1, 0.15) is 12.1 Å². The van der Waals surface area contributed by atoms with E-state index in [2.05, 4.69) is 10.6 Å². The molecule has 2 aromatic rings. The third-order valence-corrected chi connectivity index (χ3v) is 4.24. The van der Waals surface area contributed by atoms with Gasteiger partial charge in [-0.3, -0.25) is 0 Å². The number of hydrogen-bond acceptors (Lipinski definition) is 2. The highest BCUT2D eigenvalue weighted by Gasteiger charge is 2.30. The molecule has 23 heavy (non-hydrogen) atoms. The summed E-state index contributed by atoms with van der Waals surface area (Å²) in [5.74, 6) is 0. The van der Waals surface area contributed by atoms with Crippen molar-refractivity contribution in [1.29, 1.82) is 0 Å². The van der Waals surface area contributed by atoms with E-state index in [9.17, 15) is 17.6 Å². The fourth-order valence-corrected chi connectivity index (χ4v) is 3.11. The van der Waals surface area contributed by atoms with Crippen molar-refractivity contribution in [1.82, 2.24) is 9.88 Å². The van der Waals surface area contributed by atoms with Gasteiger partial charge >= 0.3 is 6.18 Å². The van der Waals surface area contributed by atoms with Crippen molar-refractivity contribution in [2.75, 3.05) is 18.4 Å². The number of hydrogen-bond donors (Lipinski definition) is 2. The Morgan fingerprint density at radius 2 is 2.13 bits per heavy atom. The minimum atomic E-state index is -4.28. The maximum Gasteiger partial charge on any atom is 0.406 e. The Labute approximate surface area is 131 Å². The number of fused-ring (bicyclic) bond motifs is 1. The number of aryl methyl sites for hydroxylation is 1. The average Bonchev–Trinajstić information content (AvgIpc) is 2.77. The molecule has 126 valence electrons. The fourth-order valence-electron chi connectivity index (χ4n) is 3.11. The third kappa shape index (κ3) is 3.44. The van der Waals surface area contributed by atoms with Crippen LogP contribution < -0.4 is 10.6 Å². The van der Waals surface area contributed by atoms with Crippen molar-refractivity contribution < 1.29 is 17.6 Å². The van der Waals surface area contributed by atoms with Crippen molar-refractivity contribution >= 4 is 16.6 Å². The first-order valence-corrected chi connectivity index (χ1v) is 7.62. The molecule has 1 aliphatic rings. The van der Waals surface area contributed by atoms with Crippen LogP contribution >= 0.6 is 0 Å². The minimum Gasteiger partial charge on any atom is -0.379 e. The van der Waals surface area contributed by atoms with E-state index >= 15 is 0 Å². The fraction of sp³-hybridized carbons (Fsp3) is 0.500. The molecule has 1 aromatic carbocycles.